The molecule has 0 saturated carbocycles. The van der Waals surface area contributed by atoms with Gasteiger partial charge in [-0.15, -0.1) is 0 Å². The molecule has 0 aliphatic carbocycles. The monoisotopic (exact) mass is 360 g/mol. The van der Waals surface area contributed by atoms with E-state index in [1.54, 1.807) is 36.4 Å². The van der Waals surface area contributed by atoms with Crippen LogP contribution >= 0.6 is 23.4 Å². The quantitative estimate of drug-likeness (QED) is 0.817. The van der Waals surface area contributed by atoms with Gasteiger partial charge in [0.1, 0.15) is 5.75 Å². The largest absolute Gasteiger partial charge is 0.508 e. The van der Waals surface area contributed by atoms with Crippen LogP contribution in [0.15, 0.2) is 53.5 Å². The van der Waals surface area contributed by atoms with Crippen LogP contribution in [-0.4, -0.2) is 27.2 Å². The van der Waals surface area contributed by atoms with Crippen molar-refractivity contribution < 1.29 is 14.7 Å². The zero-order valence-corrected chi connectivity index (χ0v) is 14.0. The lowest BCUT2D eigenvalue weighted by Crippen LogP contribution is -2.26. The van der Waals surface area contributed by atoms with E-state index in [4.69, 9.17) is 11.6 Å². The fraction of sp³-hybridized carbons (Fsp3) is 0.118. The molecule has 3 rings (SSSR count). The van der Waals surface area contributed by atoms with E-state index in [1.165, 1.54) is 23.9 Å². The summed E-state index contributed by atoms with van der Waals surface area (Å²) >= 11 is 7.03. The molecular weight excluding hydrogens is 348 g/mol. The van der Waals surface area contributed by atoms with Crippen LogP contribution in [0.3, 0.4) is 0 Å². The summed E-state index contributed by atoms with van der Waals surface area (Å²) in [6.45, 7) is 0. The highest BCUT2D eigenvalue weighted by atomic mass is 35.5. The fourth-order valence-corrected chi connectivity index (χ4v) is 3.27. The summed E-state index contributed by atoms with van der Waals surface area (Å²) in [6.07, 6.45) is 0.0900. The van der Waals surface area contributed by atoms with Crippen molar-refractivity contribution in [1.82, 2.24) is 5.32 Å². The van der Waals surface area contributed by atoms with Crippen LogP contribution < -0.4 is 5.32 Å². The van der Waals surface area contributed by atoms with Crippen molar-refractivity contribution in [3.05, 3.63) is 59.1 Å². The first-order valence-corrected chi connectivity index (χ1v) is 8.41. The van der Waals surface area contributed by atoms with Gasteiger partial charge in [0.15, 0.2) is 11.0 Å². The molecule has 1 aliphatic heterocycles. The van der Waals surface area contributed by atoms with Gasteiger partial charge in [-0.2, -0.15) is 0 Å². The Kier molecular flexibility index (Phi) is 4.87. The third-order valence-electron chi connectivity index (χ3n) is 3.39. The summed E-state index contributed by atoms with van der Waals surface area (Å²) in [5.41, 5.74) is 1.14. The van der Waals surface area contributed by atoms with Crippen molar-refractivity contribution in [3.63, 3.8) is 0 Å². The number of nitrogens with zero attached hydrogens (tertiary/aromatic N) is 1. The molecule has 122 valence electrons. The molecule has 1 amide bonds. The molecule has 2 aromatic rings. The van der Waals surface area contributed by atoms with Gasteiger partial charge in [-0.25, -0.2) is 4.99 Å². The molecule has 0 radical (unpaired) electrons. The lowest BCUT2D eigenvalue weighted by atomic mass is 10.1. The van der Waals surface area contributed by atoms with Gasteiger partial charge in [-0.05, 0) is 48.5 Å². The van der Waals surface area contributed by atoms with Gasteiger partial charge >= 0.3 is 0 Å². The lowest BCUT2D eigenvalue weighted by Gasteiger charge is -2.04. The molecule has 1 aliphatic rings. The second-order valence-corrected chi connectivity index (χ2v) is 6.79. The van der Waals surface area contributed by atoms with E-state index >= 15 is 0 Å². The van der Waals surface area contributed by atoms with Crippen molar-refractivity contribution in [2.45, 2.75) is 11.7 Å². The van der Waals surface area contributed by atoms with E-state index in [2.05, 4.69) is 10.3 Å². The smallest absolute Gasteiger partial charge is 0.240 e. The van der Waals surface area contributed by atoms with Gasteiger partial charge in [0.05, 0.1) is 10.9 Å². The number of carbonyl (C=O) groups is 2. The van der Waals surface area contributed by atoms with Gasteiger partial charge in [0.25, 0.3) is 0 Å². The van der Waals surface area contributed by atoms with E-state index in [-0.39, 0.29) is 23.9 Å². The Hall–Kier alpha value is -2.31. The van der Waals surface area contributed by atoms with Crippen LogP contribution in [0.25, 0.3) is 0 Å². The molecule has 0 bridgehead atoms. The number of aliphatic imine (C=N–C) groups is 1. The minimum absolute atomic E-state index is 0.0900. The van der Waals surface area contributed by atoms with Crippen LogP contribution in [0.1, 0.15) is 16.8 Å². The Morgan fingerprint density at radius 1 is 1.17 bits per heavy atom. The predicted molar refractivity (Wildman–Crippen MR) is 95.1 cm³/mol. The number of amidine groups is 1. The molecule has 2 N–H and O–H groups in total. The van der Waals surface area contributed by atoms with E-state index in [1.807, 2.05) is 0 Å². The molecule has 0 spiro atoms. The van der Waals surface area contributed by atoms with Crippen molar-refractivity contribution in [2.24, 2.45) is 4.99 Å². The Morgan fingerprint density at radius 2 is 1.83 bits per heavy atom. The number of Topliss-reactive ketones (excluding diaryl/α,β-unsaturated/α-hetero) is 1. The van der Waals surface area contributed by atoms with Gasteiger partial charge < -0.3 is 10.4 Å². The topological polar surface area (TPSA) is 78.8 Å². The molecule has 24 heavy (non-hydrogen) atoms. The number of rotatable bonds is 4. The van der Waals surface area contributed by atoms with E-state index in [0.29, 0.717) is 21.4 Å². The maximum Gasteiger partial charge on any atom is 0.240 e. The predicted octanol–water partition coefficient (Wildman–Crippen LogP) is 3.54. The van der Waals surface area contributed by atoms with Crippen molar-refractivity contribution in [3.8, 4) is 5.75 Å². The number of hydrogen-bond donors (Lipinski definition) is 2. The summed E-state index contributed by atoms with van der Waals surface area (Å²) in [7, 11) is 0. The van der Waals surface area contributed by atoms with Gasteiger partial charge in [0.2, 0.25) is 5.91 Å². The number of amides is 1. The standard InChI is InChI=1S/C17H13ClN2O3S/c18-11-3-1-10(2-4-11)14(22)9-15-16(23)20-17(24-15)19-12-5-7-13(21)8-6-12/h1-8,15,21H,9H2,(H,19,20,23). The minimum atomic E-state index is -0.510. The summed E-state index contributed by atoms with van der Waals surface area (Å²) in [5.74, 6) is -0.210. The number of carbonyl (C=O) groups excluding carboxylic acids is 2. The Balaban J connectivity index is 1.67. The lowest BCUT2D eigenvalue weighted by molar-refractivity contribution is -0.118. The fourth-order valence-electron chi connectivity index (χ4n) is 2.16. The van der Waals surface area contributed by atoms with Crippen LogP contribution in [-0.2, 0) is 4.79 Å². The number of phenols is 1. The third-order valence-corrected chi connectivity index (χ3v) is 4.73. The summed E-state index contributed by atoms with van der Waals surface area (Å²) < 4.78 is 0. The van der Waals surface area contributed by atoms with Crippen molar-refractivity contribution in [1.29, 1.82) is 0 Å². The first-order valence-electron chi connectivity index (χ1n) is 7.15. The van der Waals surface area contributed by atoms with Gasteiger partial charge in [0, 0.05) is 17.0 Å². The zero-order valence-electron chi connectivity index (χ0n) is 12.4. The van der Waals surface area contributed by atoms with Crippen molar-refractivity contribution in [2.75, 3.05) is 0 Å². The number of hydrogen-bond acceptors (Lipinski definition) is 5. The Morgan fingerprint density at radius 3 is 2.50 bits per heavy atom. The maximum absolute atomic E-state index is 12.3. The van der Waals surface area contributed by atoms with Gasteiger partial charge in [-0.3, -0.25) is 9.59 Å². The number of benzene rings is 2. The normalized spacial score (nSPS) is 18.6. The molecule has 7 heteroatoms. The molecular formula is C17H13ClN2O3S. The maximum atomic E-state index is 12.3. The van der Waals surface area contributed by atoms with Gasteiger partial charge in [-0.1, -0.05) is 23.4 Å². The number of phenolic OH excluding ortho intramolecular Hbond substituents is 1. The number of thioether (sulfide) groups is 1. The average Bonchev–Trinajstić information content (AvgIpc) is 2.89. The van der Waals surface area contributed by atoms with E-state index in [0.717, 1.165) is 0 Å². The number of aromatic hydroxyl groups is 1. The summed E-state index contributed by atoms with van der Waals surface area (Å²) in [6, 6.07) is 12.9. The molecule has 1 unspecified atom stereocenters. The van der Waals surface area contributed by atoms with Crippen molar-refractivity contribution >= 4 is 45.9 Å². The summed E-state index contributed by atoms with van der Waals surface area (Å²) in [5, 5.41) is 12.4. The molecule has 1 fully saturated rings. The third kappa shape index (κ3) is 3.96. The Bertz CT molecular complexity index is 804. The number of halogens is 1. The van der Waals surface area contributed by atoms with E-state index < -0.39 is 5.25 Å². The molecule has 1 atom stereocenters. The highest BCUT2D eigenvalue weighted by Crippen LogP contribution is 2.27. The second-order valence-electron chi connectivity index (χ2n) is 5.16. The zero-order chi connectivity index (χ0) is 17.1. The average molecular weight is 361 g/mol. The van der Waals surface area contributed by atoms with Crippen LogP contribution in [0.5, 0.6) is 5.75 Å². The molecule has 5 nitrogen and oxygen atoms in total. The second kappa shape index (κ2) is 7.07. The molecule has 1 saturated heterocycles. The molecule has 0 aromatic heterocycles. The Labute approximate surface area is 147 Å². The summed E-state index contributed by atoms with van der Waals surface area (Å²) in [4.78, 5) is 28.6. The molecule has 1 heterocycles. The van der Waals surface area contributed by atoms with Crippen LogP contribution in [0.2, 0.25) is 5.02 Å². The first kappa shape index (κ1) is 16.5. The van der Waals surface area contributed by atoms with E-state index in [9.17, 15) is 14.7 Å². The molecule has 2 aromatic carbocycles. The SMILES string of the molecule is O=C(CC1SC(=Nc2ccc(O)cc2)NC1=O)c1ccc(Cl)cc1. The van der Waals surface area contributed by atoms with Crippen LogP contribution in [0, 0.1) is 0 Å². The minimum Gasteiger partial charge on any atom is -0.508 e. The number of nitrogens with one attached hydrogen (secondary N) is 1. The van der Waals surface area contributed by atoms with Crippen LogP contribution in [0.4, 0.5) is 5.69 Å². The highest BCUT2D eigenvalue weighted by Gasteiger charge is 2.32. The highest BCUT2D eigenvalue weighted by molar-refractivity contribution is 8.15. The number of ketones is 1. The first-order chi connectivity index (χ1) is 11.5.